The van der Waals surface area contributed by atoms with Crippen molar-refractivity contribution in [1.29, 1.82) is 0 Å². The third-order valence-electron chi connectivity index (χ3n) is 4.86. The maximum absolute atomic E-state index is 12.2. The zero-order valence-corrected chi connectivity index (χ0v) is 16.4. The molecule has 1 aliphatic heterocycles. The molecule has 0 bridgehead atoms. The highest BCUT2D eigenvalue weighted by Crippen LogP contribution is 2.23. The van der Waals surface area contributed by atoms with Gasteiger partial charge in [-0.1, -0.05) is 12.1 Å². The lowest BCUT2D eigenvalue weighted by atomic mass is 10.1. The van der Waals surface area contributed by atoms with Crippen LogP contribution in [0.5, 0.6) is 11.5 Å². The minimum atomic E-state index is -0.0133. The first-order valence-electron chi connectivity index (χ1n) is 9.47. The van der Waals surface area contributed by atoms with Crippen molar-refractivity contribution in [2.45, 2.75) is 32.2 Å². The van der Waals surface area contributed by atoms with Gasteiger partial charge < -0.3 is 19.7 Å². The van der Waals surface area contributed by atoms with E-state index in [2.05, 4.69) is 5.32 Å². The standard InChI is InChI=1S/C22H26N2O4/c1-27-19-12-17(13-20(14-19)28-2)7-10-21(25)23-15-16-5-8-18(9-6-16)24-11-3-4-22(24)26/h5-6,8-9,12-14H,3-4,7,10-11,15H2,1-2H3,(H,23,25). The van der Waals surface area contributed by atoms with Crippen molar-refractivity contribution in [3.8, 4) is 11.5 Å². The molecule has 2 amide bonds. The average Bonchev–Trinajstić information content (AvgIpc) is 3.16. The minimum absolute atomic E-state index is 0.0133. The number of rotatable bonds is 8. The first kappa shape index (κ1) is 19.7. The van der Waals surface area contributed by atoms with E-state index < -0.39 is 0 Å². The van der Waals surface area contributed by atoms with E-state index in [9.17, 15) is 9.59 Å². The summed E-state index contributed by atoms with van der Waals surface area (Å²) in [6.07, 6.45) is 2.53. The Morgan fingerprint density at radius 3 is 2.29 bits per heavy atom. The number of carbonyl (C=O) groups excluding carboxylic acids is 2. The van der Waals surface area contributed by atoms with Crippen LogP contribution in [0.25, 0.3) is 0 Å². The van der Waals surface area contributed by atoms with Crippen molar-refractivity contribution in [1.82, 2.24) is 5.32 Å². The maximum Gasteiger partial charge on any atom is 0.227 e. The molecule has 0 atom stereocenters. The fourth-order valence-corrected chi connectivity index (χ4v) is 3.27. The Morgan fingerprint density at radius 2 is 1.71 bits per heavy atom. The second-order valence-corrected chi connectivity index (χ2v) is 6.81. The van der Waals surface area contributed by atoms with Gasteiger partial charge in [0.15, 0.2) is 0 Å². The van der Waals surface area contributed by atoms with Crippen LogP contribution in [0.1, 0.15) is 30.4 Å². The van der Waals surface area contributed by atoms with Crippen LogP contribution < -0.4 is 19.7 Å². The molecule has 0 spiro atoms. The van der Waals surface area contributed by atoms with Crippen LogP contribution in [0.3, 0.4) is 0 Å². The van der Waals surface area contributed by atoms with Crippen molar-refractivity contribution in [2.24, 2.45) is 0 Å². The molecule has 3 rings (SSSR count). The highest BCUT2D eigenvalue weighted by Gasteiger charge is 2.21. The maximum atomic E-state index is 12.2. The van der Waals surface area contributed by atoms with Crippen LogP contribution in [0, 0.1) is 0 Å². The molecule has 6 heteroatoms. The van der Waals surface area contributed by atoms with Gasteiger partial charge in [0.05, 0.1) is 14.2 Å². The van der Waals surface area contributed by atoms with E-state index in [-0.39, 0.29) is 11.8 Å². The summed E-state index contributed by atoms with van der Waals surface area (Å²) in [5, 5.41) is 2.94. The van der Waals surface area contributed by atoms with Crippen molar-refractivity contribution < 1.29 is 19.1 Å². The van der Waals surface area contributed by atoms with E-state index in [1.807, 2.05) is 47.4 Å². The van der Waals surface area contributed by atoms with Gasteiger partial charge in [-0.2, -0.15) is 0 Å². The Labute approximate surface area is 165 Å². The van der Waals surface area contributed by atoms with Gasteiger partial charge in [-0.15, -0.1) is 0 Å². The number of hydrogen-bond acceptors (Lipinski definition) is 4. The number of nitrogens with one attached hydrogen (secondary N) is 1. The average molecular weight is 382 g/mol. The van der Waals surface area contributed by atoms with E-state index in [0.29, 0.717) is 37.3 Å². The molecule has 2 aromatic rings. The molecule has 0 radical (unpaired) electrons. The topological polar surface area (TPSA) is 67.9 Å². The number of amides is 2. The van der Waals surface area contributed by atoms with Gasteiger partial charge in [0, 0.05) is 37.7 Å². The van der Waals surface area contributed by atoms with Crippen molar-refractivity contribution >= 4 is 17.5 Å². The lowest BCUT2D eigenvalue weighted by Gasteiger charge is -2.16. The number of benzene rings is 2. The molecule has 1 heterocycles. The molecule has 1 aliphatic rings. The minimum Gasteiger partial charge on any atom is -0.497 e. The molecule has 0 aliphatic carbocycles. The fraction of sp³-hybridized carbons (Fsp3) is 0.364. The highest BCUT2D eigenvalue weighted by molar-refractivity contribution is 5.95. The van der Waals surface area contributed by atoms with Gasteiger partial charge >= 0.3 is 0 Å². The predicted octanol–water partition coefficient (Wildman–Crippen LogP) is 3.08. The number of nitrogens with zero attached hydrogens (tertiary/aromatic N) is 1. The van der Waals surface area contributed by atoms with Gasteiger partial charge in [0.25, 0.3) is 0 Å². The molecular weight excluding hydrogens is 356 g/mol. The van der Waals surface area contributed by atoms with Crippen LogP contribution in [0.15, 0.2) is 42.5 Å². The third-order valence-corrected chi connectivity index (χ3v) is 4.86. The second kappa shape index (κ2) is 9.26. The number of methoxy groups -OCH3 is 2. The molecule has 0 aromatic heterocycles. The first-order valence-corrected chi connectivity index (χ1v) is 9.47. The zero-order chi connectivity index (χ0) is 19.9. The first-order chi connectivity index (χ1) is 13.6. The van der Waals surface area contributed by atoms with Crippen LogP contribution in [-0.2, 0) is 22.6 Å². The van der Waals surface area contributed by atoms with E-state index in [4.69, 9.17) is 9.47 Å². The third kappa shape index (κ3) is 5.03. The Morgan fingerprint density at radius 1 is 1.04 bits per heavy atom. The van der Waals surface area contributed by atoms with Gasteiger partial charge in [-0.25, -0.2) is 0 Å². The quantitative estimate of drug-likeness (QED) is 0.762. The molecule has 6 nitrogen and oxygen atoms in total. The monoisotopic (exact) mass is 382 g/mol. The smallest absolute Gasteiger partial charge is 0.227 e. The van der Waals surface area contributed by atoms with Crippen molar-refractivity contribution in [3.05, 3.63) is 53.6 Å². The molecule has 148 valence electrons. The molecule has 1 saturated heterocycles. The number of carbonyl (C=O) groups is 2. The predicted molar refractivity (Wildman–Crippen MR) is 108 cm³/mol. The van der Waals surface area contributed by atoms with Crippen molar-refractivity contribution in [2.75, 3.05) is 25.7 Å². The van der Waals surface area contributed by atoms with E-state index in [0.717, 1.165) is 29.8 Å². The summed E-state index contributed by atoms with van der Waals surface area (Å²) < 4.78 is 10.5. The number of hydrogen-bond donors (Lipinski definition) is 1. The lowest BCUT2D eigenvalue weighted by molar-refractivity contribution is -0.121. The zero-order valence-electron chi connectivity index (χ0n) is 16.4. The van der Waals surface area contributed by atoms with Crippen LogP contribution >= 0.6 is 0 Å². The summed E-state index contributed by atoms with van der Waals surface area (Å²) in [5.41, 5.74) is 2.92. The van der Waals surface area contributed by atoms with Gasteiger partial charge in [0.2, 0.25) is 11.8 Å². The van der Waals surface area contributed by atoms with Crippen molar-refractivity contribution in [3.63, 3.8) is 0 Å². The number of anilines is 1. The summed E-state index contributed by atoms with van der Waals surface area (Å²) in [4.78, 5) is 25.8. The van der Waals surface area contributed by atoms with E-state index >= 15 is 0 Å². The Hall–Kier alpha value is -3.02. The van der Waals surface area contributed by atoms with Crippen LogP contribution in [0.2, 0.25) is 0 Å². The SMILES string of the molecule is COc1cc(CCC(=O)NCc2ccc(N3CCCC3=O)cc2)cc(OC)c1. The summed E-state index contributed by atoms with van der Waals surface area (Å²) in [6, 6.07) is 13.4. The summed E-state index contributed by atoms with van der Waals surface area (Å²) >= 11 is 0. The van der Waals surface area contributed by atoms with E-state index in [1.54, 1.807) is 14.2 Å². The van der Waals surface area contributed by atoms with Crippen LogP contribution in [-0.4, -0.2) is 32.6 Å². The molecule has 28 heavy (non-hydrogen) atoms. The highest BCUT2D eigenvalue weighted by atomic mass is 16.5. The Kier molecular flexibility index (Phi) is 6.53. The summed E-state index contributed by atoms with van der Waals surface area (Å²) in [6.45, 7) is 1.25. The molecular formula is C22H26N2O4. The number of ether oxygens (including phenoxy) is 2. The molecule has 1 fully saturated rings. The van der Waals surface area contributed by atoms with E-state index in [1.165, 1.54) is 0 Å². The largest absolute Gasteiger partial charge is 0.497 e. The normalized spacial score (nSPS) is 13.5. The van der Waals surface area contributed by atoms with Crippen LogP contribution in [0.4, 0.5) is 5.69 Å². The van der Waals surface area contributed by atoms with Gasteiger partial charge in [-0.3, -0.25) is 9.59 Å². The Bertz CT molecular complexity index is 811. The summed E-state index contributed by atoms with van der Waals surface area (Å²) in [5.74, 6) is 1.59. The summed E-state index contributed by atoms with van der Waals surface area (Å²) in [7, 11) is 3.21. The fourth-order valence-electron chi connectivity index (χ4n) is 3.27. The molecule has 1 N–H and O–H groups in total. The molecule has 2 aromatic carbocycles. The molecule has 0 saturated carbocycles. The van der Waals surface area contributed by atoms with Gasteiger partial charge in [0.1, 0.15) is 11.5 Å². The number of aryl methyl sites for hydroxylation is 1. The second-order valence-electron chi connectivity index (χ2n) is 6.81. The Balaban J connectivity index is 1.48. The van der Waals surface area contributed by atoms with Gasteiger partial charge in [-0.05, 0) is 48.2 Å². The lowest BCUT2D eigenvalue weighted by Crippen LogP contribution is -2.24. The molecule has 0 unspecified atom stereocenters.